The summed E-state index contributed by atoms with van der Waals surface area (Å²) in [4.78, 5) is 14.7. The zero-order chi connectivity index (χ0) is 16.3. The molecule has 0 unspecified atom stereocenters. The molecule has 6 nitrogen and oxygen atoms in total. The topological polar surface area (TPSA) is 56.6 Å². The minimum Gasteiger partial charge on any atom is -0.458 e. The number of rotatable bonds is 4. The van der Waals surface area contributed by atoms with Crippen molar-refractivity contribution in [1.29, 1.82) is 0 Å². The number of aromatic nitrogens is 2. The molecule has 1 aliphatic rings. The lowest BCUT2D eigenvalue weighted by Crippen LogP contribution is -2.41. The zero-order valence-corrected chi connectivity index (χ0v) is 14.3. The molecular weight excluding hydrogens is 282 g/mol. The number of hydrogen-bond acceptors (Lipinski definition) is 5. The molecule has 0 radical (unpaired) electrons. The Morgan fingerprint density at radius 3 is 2.64 bits per heavy atom. The Morgan fingerprint density at radius 2 is 2.05 bits per heavy atom. The summed E-state index contributed by atoms with van der Waals surface area (Å²) < 4.78 is 12.6. The first-order valence-electron chi connectivity index (χ1n) is 7.82. The molecule has 1 atom stereocenters. The predicted molar refractivity (Wildman–Crippen MR) is 84.0 cm³/mol. The monoisotopic (exact) mass is 309 g/mol. The van der Waals surface area contributed by atoms with E-state index in [9.17, 15) is 4.79 Å². The Morgan fingerprint density at radius 1 is 1.41 bits per heavy atom. The van der Waals surface area contributed by atoms with Gasteiger partial charge in [0.2, 0.25) is 0 Å². The first-order valence-corrected chi connectivity index (χ1v) is 7.82. The third kappa shape index (κ3) is 4.30. The maximum Gasteiger partial charge on any atom is 0.341 e. The van der Waals surface area contributed by atoms with Gasteiger partial charge in [0.15, 0.2) is 0 Å². The highest BCUT2D eigenvalue weighted by Crippen LogP contribution is 2.25. The van der Waals surface area contributed by atoms with Gasteiger partial charge in [-0.2, -0.15) is 5.10 Å². The molecule has 2 heterocycles. The van der Waals surface area contributed by atoms with E-state index in [0.717, 1.165) is 38.5 Å². The Balaban J connectivity index is 1.99. The van der Waals surface area contributed by atoms with Gasteiger partial charge >= 0.3 is 5.97 Å². The SMILES string of the molecule is C[C@H](CN1CCOCC1)OC(=O)c1cn(C)nc1C(C)(C)C. The van der Waals surface area contributed by atoms with Gasteiger partial charge in [0.05, 0.1) is 18.9 Å². The fraction of sp³-hybridized carbons (Fsp3) is 0.750. The van der Waals surface area contributed by atoms with E-state index in [1.807, 2.05) is 34.7 Å². The summed E-state index contributed by atoms with van der Waals surface area (Å²) >= 11 is 0. The van der Waals surface area contributed by atoms with Crippen molar-refractivity contribution < 1.29 is 14.3 Å². The third-order valence-corrected chi connectivity index (χ3v) is 3.69. The van der Waals surface area contributed by atoms with E-state index >= 15 is 0 Å². The number of ether oxygens (including phenoxy) is 2. The molecule has 2 rings (SSSR count). The van der Waals surface area contributed by atoms with Crippen LogP contribution >= 0.6 is 0 Å². The van der Waals surface area contributed by atoms with Gasteiger partial charge in [-0.1, -0.05) is 20.8 Å². The summed E-state index contributed by atoms with van der Waals surface area (Å²) in [5.74, 6) is -0.293. The van der Waals surface area contributed by atoms with Gasteiger partial charge in [-0.05, 0) is 6.92 Å². The molecular formula is C16H27N3O3. The molecule has 124 valence electrons. The maximum atomic E-state index is 12.5. The van der Waals surface area contributed by atoms with Gasteiger partial charge in [0, 0.05) is 38.3 Å². The van der Waals surface area contributed by atoms with E-state index in [-0.39, 0.29) is 17.5 Å². The lowest BCUT2D eigenvalue weighted by molar-refractivity contribution is 0.000318. The minimum absolute atomic E-state index is 0.154. The molecule has 1 aliphatic heterocycles. The Bertz CT molecular complexity index is 513. The smallest absolute Gasteiger partial charge is 0.341 e. The van der Waals surface area contributed by atoms with Crippen LogP contribution in [0.25, 0.3) is 0 Å². The molecule has 1 fully saturated rings. The van der Waals surface area contributed by atoms with Crippen LogP contribution in [-0.2, 0) is 21.9 Å². The van der Waals surface area contributed by atoms with Gasteiger partial charge in [0.25, 0.3) is 0 Å². The van der Waals surface area contributed by atoms with E-state index in [2.05, 4.69) is 10.00 Å². The molecule has 0 spiro atoms. The Hall–Kier alpha value is -1.40. The Kier molecular flexibility index (Phi) is 5.24. The van der Waals surface area contributed by atoms with Crippen molar-refractivity contribution in [3.05, 3.63) is 17.5 Å². The van der Waals surface area contributed by atoms with Crippen molar-refractivity contribution >= 4 is 5.97 Å². The molecule has 22 heavy (non-hydrogen) atoms. The van der Waals surface area contributed by atoms with Gasteiger partial charge in [-0.3, -0.25) is 9.58 Å². The quantitative estimate of drug-likeness (QED) is 0.791. The number of carbonyl (C=O) groups is 1. The number of morpholine rings is 1. The van der Waals surface area contributed by atoms with Gasteiger partial charge in [0.1, 0.15) is 11.7 Å². The third-order valence-electron chi connectivity index (χ3n) is 3.69. The summed E-state index contributed by atoms with van der Waals surface area (Å²) in [7, 11) is 1.82. The Labute approximate surface area is 132 Å². The highest BCUT2D eigenvalue weighted by molar-refractivity contribution is 5.90. The number of hydrogen-bond donors (Lipinski definition) is 0. The van der Waals surface area contributed by atoms with Crippen LogP contribution in [0.1, 0.15) is 43.7 Å². The second-order valence-electron chi connectivity index (χ2n) is 6.94. The van der Waals surface area contributed by atoms with Crippen LogP contribution in [0, 0.1) is 0 Å². The molecule has 0 aromatic carbocycles. The van der Waals surface area contributed by atoms with Crippen molar-refractivity contribution in [1.82, 2.24) is 14.7 Å². The lowest BCUT2D eigenvalue weighted by atomic mass is 9.89. The number of aryl methyl sites for hydroxylation is 1. The zero-order valence-electron chi connectivity index (χ0n) is 14.3. The summed E-state index contributed by atoms with van der Waals surface area (Å²) in [5, 5.41) is 4.41. The van der Waals surface area contributed by atoms with Crippen molar-refractivity contribution in [2.45, 2.75) is 39.2 Å². The highest BCUT2D eigenvalue weighted by atomic mass is 16.5. The number of carbonyl (C=O) groups excluding carboxylic acids is 1. The van der Waals surface area contributed by atoms with Crippen LogP contribution in [0.2, 0.25) is 0 Å². The van der Waals surface area contributed by atoms with Gasteiger partial charge < -0.3 is 9.47 Å². The fourth-order valence-electron chi connectivity index (χ4n) is 2.62. The van der Waals surface area contributed by atoms with E-state index in [0.29, 0.717) is 5.56 Å². The van der Waals surface area contributed by atoms with E-state index in [4.69, 9.17) is 9.47 Å². The van der Waals surface area contributed by atoms with Crippen LogP contribution < -0.4 is 0 Å². The van der Waals surface area contributed by atoms with Crippen molar-refractivity contribution in [3.8, 4) is 0 Å². The maximum absolute atomic E-state index is 12.5. The number of esters is 1. The van der Waals surface area contributed by atoms with E-state index in [1.54, 1.807) is 10.9 Å². The summed E-state index contributed by atoms with van der Waals surface area (Å²) in [5.41, 5.74) is 1.14. The van der Waals surface area contributed by atoms with Crippen LogP contribution in [0.5, 0.6) is 0 Å². The second kappa shape index (κ2) is 6.79. The van der Waals surface area contributed by atoms with Gasteiger partial charge in [-0.25, -0.2) is 4.79 Å². The molecule has 0 aliphatic carbocycles. The average molecular weight is 309 g/mol. The van der Waals surface area contributed by atoms with Crippen molar-refractivity contribution in [2.75, 3.05) is 32.8 Å². The summed E-state index contributed by atoms with van der Waals surface area (Å²) in [6.07, 6.45) is 1.59. The average Bonchev–Trinajstić information content (AvgIpc) is 2.82. The molecule has 0 N–H and O–H groups in total. The van der Waals surface area contributed by atoms with Crippen molar-refractivity contribution in [3.63, 3.8) is 0 Å². The van der Waals surface area contributed by atoms with Crippen LogP contribution in [0.15, 0.2) is 6.20 Å². The van der Waals surface area contributed by atoms with E-state index in [1.165, 1.54) is 0 Å². The second-order valence-corrected chi connectivity index (χ2v) is 6.94. The molecule has 0 saturated carbocycles. The summed E-state index contributed by atoms with van der Waals surface area (Å²) in [6.45, 7) is 12.1. The highest BCUT2D eigenvalue weighted by Gasteiger charge is 2.27. The lowest BCUT2D eigenvalue weighted by Gasteiger charge is -2.28. The molecule has 1 aromatic heterocycles. The van der Waals surface area contributed by atoms with Crippen molar-refractivity contribution in [2.24, 2.45) is 7.05 Å². The standard InChI is InChI=1S/C16H27N3O3/c1-12(10-19-6-8-21-9-7-19)22-15(20)13-11-18(5)17-14(13)16(2,3)4/h11-12H,6-10H2,1-5H3/t12-/m1/s1. The first kappa shape index (κ1) is 17.0. The van der Waals surface area contributed by atoms with Crippen LogP contribution in [-0.4, -0.2) is 59.6 Å². The molecule has 1 aromatic rings. The predicted octanol–water partition coefficient (Wildman–Crippen LogP) is 1.60. The molecule has 0 amide bonds. The van der Waals surface area contributed by atoms with Crippen LogP contribution in [0.3, 0.4) is 0 Å². The minimum atomic E-state index is -0.293. The van der Waals surface area contributed by atoms with Gasteiger partial charge in [-0.15, -0.1) is 0 Å². The number of nitrogens with zero attached hydrogens (tertiary/aromatic N) is 3. The normalized spacial score (nSPS) is 18.2. The van der Waals surface area contributed by atoms with Crippen LogP contribution in [0.4, 0.5) is 0 Å². The largest absolute Gasteiger partial charge is 0.458 e. The molecule has 1 saturated heterocycles. The first-order chi connectivity index (χ1) is 10.3. The van der Waals surface area contributed by atoms with E-state index < -0.39 is 0 Å². The molecule has 0 bridgehead atoms. The molecule has 6 heteroatoms. The summed E-state index contributed by atoms with van der Waals surface area (Å²) in [6, 6.07) is 0. The fourth-order valence-corrected chi connectivity index (χ4v) is 2.62.